The van der Waals surface area contributed by atoms with E-state index < -0.39 is 0 Å². The second-order valence-corrected chi connectivity index (χ2v) is 3.98. The third kappa shape index (κ3) is 2.16. The van der Waals surface area contributed by atoms with Crippen molar-refractivity contribution < 1.29 is 4.84 Å². The van der Waals surface area contributed by atoms with Crippen LogP contribution in [-0.2, 0) is 4.84 Å². The van der Waals surface area contributed by atoms with E-state index in [4.69, 9.17) is 16.0 Å². The summed E-state index contributed by atoms with van der Waals surface area (Å²) >= 11 is 0. The van der Waals surface area contributed by atoms with Gasteiger partial charge in [-0.1, -0.05) is 0 Å². The van der Waals surface area contributed by atoms with E-state index >= 15 is 0 Å². The molecule has 1 atom stereocenters. The van der Waals surface area contributed by atoms with Gasteiger partial charge in [0, 0.05) is 12.2 Å². The fraction of sp³-hybridized carbons (Fsp3) is 0.417. The molecule has 2 N–H and O–H groups in total. The van der Waals surface area contributed by atoms with E-state index in [1.807, 2.05) is 24.3 Å². The van der Waals surface area contributed by atoms with Gasteiger partial charge in [0.1, 0.15) is 0 Å². The van der Waals surface area contributed by atoms with Crippen LogP contribution in [-0.4, -0.2) is 19.2 Å². The van der Waals surface area contributed by atoms with Gasteiger partial charge in [0.15, 0.2) is 0 Å². The van der Waals surface area contributed by atoms with E-state index in [0.717, 1.165) is 25.1 Å². The van der Waals surface area contributed by atoms with Gasteiger partial charge in [0.05, 0.1) is 24.3 Å². The van der Waals surface area contributed by atoms with E-state index in [1.165, 1.54) is 0 Å². The fourth-order valence-corrected chi connectivity index (χ4v) is 2.19. The fourth-order valence-electron chi connectivity index (χ4n) is 2.19. The summed E-state index contributed by atoms with van der Waals surface area (Å²) in [5, 5.41) is 8.73. The molecule has 1 unspecified atom stereocenters. The summed E-state index contributed by atoms with van der Waals surface area (Å²) in [5.41, 5.74) is 1.83. The number of hydrogen-bond acceptors (Lipinski definition) is 4. The SMILES string of the molecule is N#Cc1ccc(N2CCCC2CON)cc1. The minimum absolute atomic E-state index is 0.359. The molecule has 4 nitrogen and oxygen atoms in total. The van der Waals surface area contributed by atoms with Crippen molar-refractivity contribution in [3.05, 3.63) is 29.8 Å². The Morgan fingerprint density at radius 1 is 1.44 bits per heavy atom. The molecule has 84 valence electrons. The van der Waals surface area contributed by atoms with Crippen molar-refractivity contribution in [2.75, 3.05) is 18.1 Å². The molecule has 1 aromatic carbocycles. The van der Waals surface area contributed by atoms with Crippen molar-refractivity contribution in [2.24, 2.45) is 5.90 Å². The van der Waals surface area contributed by atoms with E-state index in [0.29, 0.717) is 18.2 Å². The predicted molar refractivity (Wildman–Crippen MR) is 61.7 cm³/mol. The highest BCUT2D eigenvalue weighted by atomic mass is 16.6. The lowest BCUT2D eigenvalue weighted by atomic mass is 10.2. The average molecular weight is 217 g/mol. The molecule has 1 saturated heterocycles. The van der Waals surface area contributed by atoms with Crippen molar-refractivity contribution in [1.82, 2.24) is 0 Å². The maximum absolute atomic E-state index is 8.73. The monoisotopic (exact) mass is 217 g/mol. The topological polar surface area (TPSA) is 62.3 Å². The summed E-state index contributed by atoms with van der Waals surface area (Å²) in [7, 11) is 0. The molecule has 1 aliphatic rings. The number of nitrogens with zero attached hydrogens (tertiary/aromatic N) is 2. The molecule has 0 aliphatic carbocycles. The number of hydrogen-bond donors (Lipinski definition) is 1. The predicted octanol–water partition coefficient (Wildman–Crippen LogP) is 1.42. The first kappa shape index (κ1) is 10.9. The van der Waals surface area contributed by atoms with Gasteiger partial charge in [-0.3, -0.25) is 0 Å². The zero-order valence-electron chi connectivity index (χ0n) is 9.10. The van der Waals surface area contributed by atoms with Crippen LogP contribution in [0.4, 0.5) is 5.69 Å². The number of nitrogens with two attached hydrogens (primary N) is 1. The minimum atomic E-state index is 0.359. The van der Waals surface area contributed by atoms with Crippen molar-refractivity contribution in [3.63, 3.8) is 0 Å². The molecule has 0 amide bonds. The van der Waals surface area contributed by atoms with Gasteiger partial charge in [-0.25, -0.2) is 5.90 Å². The molecule has 1 fully saturated rings. The summed E-state index contributed by atoms with van der Waals surface area (Å²) < 4.78 is 0. The number of benzene rings is 1. The van der Waals surface area contributed by atoms with Crippen LogP contribution in [0.3, 0.4) is 0 Å². The quantitative estimate of drug-likeness (QED) is 0.778. The summed E-state index contributed by atoms with van der Waals surface area (Å²) in [6.45, 7) is 1.58. The van der Waals surface area contributed by atoms with E-state index in [1.54, 1.807) is 0 Å². The van der Waals surface area contributed by atoms with Gasteiger partial charge < -0.3 is 9.74 Å². The molecule has 0 radical (unpaired) electrons. The third-order valence-electron chi connectivity index (χ3n) is 2.99. The lowest BCUT2D eigenvalue weighted by Gasteiger charge is -2.25. The standard InChI is InChI=1S/C12H15N3O/c13-8-10-3-5-11(6-4-10)15-7-1-2-12(15)9-16-14/h3-6,12H,1-2,7,9,14H2. The maximum atomic E-state index is 8.73. The van der Waals surface area contributed by atoms with Crippen molar-refractivity contribution in [2.45, 2.75) is 18.9 Å². The van der Waals surface area contributed by atoms with Crippen LogP contribution in [0.2, 0.25) is 0 Å². The zero-order chi connectivity index (χ0) is 11.4. The second-order valence-electron chi connectivity index (χ2n) is 3.98. The smallest absolute Gasteiger partial charge is 0.0991 e. The molecule has 2 rings (SSSR count). The van der Waals surface area contributed by atoms with Crippen molar-refractivity contribution >= 4 is 5.69 Å². The van der Waals surface area contributed by atoms with Crippen LogP contribution in [0.25, 0.3) is 0 Å². The summed E-state index contributed by atoms with van der Waals surface area (Å²) in [5.74, 6) is 5.12. The van der Waals surface area contributed by atoms with Gasteiger partial charge in [-0.15, -0.1) is 0 Å². The number of anilines is 1. The molecule has 0 aromatic heterocycles. The summed E-state index contributed by atoms with van der Waals surface area (Å²) in [6.07, 6.45) is 2.27. The largest absolute Gasteiger partial charge is 0.366 e. The Morgan fingerprint density at radius 2 is 2.19 bits per heavy atom. The van der Waals surface area contributed by atoms with Crippen LogP contribution in [0, 0.1) is 11.3 Å². The third-order valence-corrected chi connectivity index (χ3v) is 2.99. The van der Waals surface area contributed by atoms with Gasteiger partial charge in [-0.2, -0.15) is 5.26 Å². The molecular weight excluding hydrogens is 202 g/mol. The second kappa shape index (κ2) is 4.97. The molecule has 1 aliphatic heterocycles. The first-order chi connectivity index (χ1) is 7.85. The van der Waals surface area contributed by atoms with Gasteiger partial charge >= 0.3 is 0 Å². The Morgan fingerprint density at radius 3 is 2.81 bits per heavy atom. The Bertz CT molecular complexity index is 382. The summed E-state index contributed by atoms with van der Waals surface area (Å²) in [4.78, 5) is 7.01. The molecule has 4 heteroatoms. The lowest BCUT2D eigenvalue weighted by molar-refractivity contribution is 0.124. The van der Waals surface area contributed by atoms with Gasteiger partial charge in [0.2, 0.25) is 0 Å². The number of nitriles is 1. The van der Waals surface area contributed by atoms with Gasteiger partial charge in [-0.05, 0) is 37.1 Å². The Balaban J connectivity index is 2.13. The Kier molecular flexibility index (Phi) is 3.40. The first-order valence-corrected chi connectivity index (χ1v) is 5.43. The Labute approximate surface area is 95.2 Å². The van der Waals surface area contributed by atoms with E-state index in [2.05, 4.69) is 11.0 Å². The molecule has 1 heterocycles. The van der Waals surface area contributed by atoms with E-state index in [9.17, 15) is 0 Å². The molecule has 0 saturated carbocycles. The van der Waals surface area contributed by atoms with Crippen LogP contribution >= 0.6 is 0 Å². The normalized spacial score (nSPS) is 19.8. The number of rotatable bonds is 3. The van der Waals surface area contributed by atoms with Crippen molar-refractivity contribution in [1.29, 1.82) is 5.26 Å². The maximum Gasteiger partial charge on any atom is 0.0991 e. The zero-order valence-corrected chi connectivity index (χ0v) is 9.10. The van der Waals surface area contributed by atoms with Gasteiger partial charge in [0.25, 0.3) is 0 Å². The highest BCUT2D eigenvalue weighted by Crippen LogP contribution is 2.25. The van der Waals surface area contributed by atoms with E-state index in [-0.39, 0.29) is 0 Å². The van der Waals surface area contributed by atoms with Crippen molar-refractivity contribution in [3.8, 4) is 6.07 Å². The summed E-state index contributed by atoms with van der Waals surface area (Å²) in [6, 6.07) is 10.1. The molecule has 1 aromatic rings. The Hall–Kier alpha value is -1.57. The highest BCUT2D eigenvalue weighted by molar-refractivity contribution is 5.51. The molecule has 0 bridgehead atoms. The highest BCUT2D eigenvalue weighted by Gasteiger charge is 2.24. The molecule has 16 heavy (non-hydrogen) atoms. The first-order valence-electron chi connectivity index (χ1n) is 5.43. The lowest BCUT2D eigenvalue weighted by Crippen LogP contribution is -2.33. The average Bonchev–Trinajstić information content (AvgIpc) is 2.78. The molecular formula is C12H15N3O. The van der Waals surface area contributed by atoms with Crippen LogP contribution < -0.4 is 10.8 Å². The minimum Gasteiger partial charge on any atom is -0.366 e. The van der Waals surface area contributed by atoms with Crippen LogP contribution in [0.15, 0.2) is 24.3 Å². The van der Waals surface area contributed by atoms with Crippen LogP contribution in [0.1, 0.15) is 18.4 Å². The van der Waals surface area contributed by atoms with Crippen LogP contribution in [0.5, 0.6) is 0 Å². The molecule has 0 spiro atoms.